The molecule has 0 aliphatic heterocycles. The molecule has 0 saturated heterocycles. The summed E-state index contributed by atoms with van der Waals surface area (Å²) in [7, 11) is 0. The minimum absolute atomic E-state index is 0.387. The van der Waals surface area contributed by atoms with E-state index in [0.29, 0.717) is 22.4 Å². The Morgan fingerprint density at radius 3 is 2.72 bits per heavy atom. The predicted octanol–water partition coefficient (Wildman–Crippen LogP) is 2.51. The van der Waals surface area contributed by atoms with Gasteiger partial charge < -0.3 is 10.3 Å². The van der Waals surface area contributed by atoms with E-state index in [0.717, 1.165) is 25.7 Å². The van der Waals surface area contributed by atoms with Crippen LogP contribution in [0.5, 0.6) is 0 Å². The Kier molecular flexibility index (Phi) is 2.80. The number of hydrogen-bond acceptors (Lipinski definition) is 5. The van der Waals surface area contributed by atoms with Crippen LogP contribution in [0.1, 0.15) is 31.5 Å². The number of halogens is 1. The molecule has 2 aromatic heterocycles. The van der Waals surface area contributed by atoms with Crippen molar-refractivity contribution in [2.45, 2.75) is 31.2 Å². The predicted molar refractivity (Wildman–Crippen MR) is 66.9 cm³/mol. The van der Waals surface area contributed by atoms with Crippen LogP contribution < -0.4 is 5.73 Å². The zero-order valence-electron chi connectivity index (χ0n) is 9.77. The van der Waals surface area contributed by atoms with Crippen LogP contribution in [-0.2, 0) is 5.54 Å². The van der Waals surface area contributed by atoms with Crippen LogP contribution in [0.2, 0.25) is 5.02 Å². The van der Waals surface area contributed by atoms with Crippen molar-refractivity contribution in [3.8, 4) is 11.6 Å². The molecule has 0 aromatic carbocycles. The molecule has 18 heavy (non-hydrogen) atoms. The van der Waals surface area contributed by atoms with Crippen LogP contribution in [0.4, 0.5) is 0 Å². The van der Waals surface area contributed by atoms with Crippen molar-refractivity contribution in [2.75, 3.05) is 0 Å². The number of hydrogen-bond donors (Lipinski definition) is 1. The molecule has 0 atom stereocenters. The van der Waals surface area contributed by atoms with Gasteiger partial charge in [0.2, 0.25) is 0 Å². The molecule has 3 rings (SSSR count). The van der Waals surface area contributed by atoms with Gasteiger partial charge in [-0.1, -0.05) is 29.6 Å². The summed E-state index contributed by atoms with van der Waals surface area (Å²) >= 11 is 5.78. The standard InChI is InChI=1S/C12H13ClN4O/c13-8-3-4-9(15-7-8)10-16-11(17-18-10)12(14)5-1-2-6-12/h3-4,7H,1-2,5-6,14H2. The van der Waals surface area contributed by atoms with E-state index in [1.165, 1.54) is 0 Å². The lowest BCUT2D eigenvalue weighted by Crippen LogP contribution is -2.34. The maximum absolute atomic E-state index is 6.27. The smallest absolute Gasteiger partial charge is 0.276 e. The molecule has 5 nitrogen and oxygen atoms in total. The van der Waals surface area contributed by atoms with E-state index in [9.17, 15) is 0 Å². The van der Waals surface area contributed by atoms with Crippen LogP contribution in [0, 0.1) is 0 Å². The van der Waals surface area contributed by atoms with Crippen molar-refractivity contribution in [1.82, 2.24) is 15.1 Å². The van der Waals surface area contributed by atoms with Gasteiger partial charge in [-0.15, -0.1) is 0 Å². The molecule has 0 spiro atoms. The highest BCUT2D eigenvalue weighted by Gasteiger charge is 2.36. The van der Waals surface area contributed by atoms with E-state index in [1.54, 1.807) is 18.3 Å². The first kappa shape index (κ1) is 11.6. The molecule has 2 aromatic rings. The highest BCUT2D eigenvalue weighted by Crippen LogP contribution is 2.35. The summed E-state index contributed by atoms with van der Waals surface area (Å²) < 4.78 is 5.22. The van der Waals surface area contributed by atoms with Gasteiger partial charge in [-0.05, 0) is 25.0 Å². The number of nitrogens with zero attached hydrogens (tertiary/aromatic N) is 3. The fraction of sp³-hybridized carbons (Fsp3) is 0.417. The third kappa shape index (κ3) is 2.00. The summed E-state index contributed by atoms with van der Waals surface area (Å²) in [5.41, 5.74) is 6.44. The van der Waals surface area contributed by atoms with Crippen molar-refractivity contribution in [2.24, 2.45) is 5.73 Å². The normalized spacial score (nSPS) is 18.1. The first-order valence-corrected chi connectivity index (χ1v) is 6.30. The zero-order chi connectivity index (χ0) is 12.6. The van der Waals surface area contributed by atoms with Gasteiger partial charge in [-0.2, -0.15) is 4.98 Å². The topological polar surface area (TPSA) is 77.8 Å². The molecule has 1 saturated carbocycles. The van der Waals surface area contributed by atoms with Gasteiger partial charge in [0, 0.05) is 6.20 Å². The molecule has 6 heteroatoms. The molecule has 2 N–H and O–H groups in total. The summed E-state index contributed by atoms with van der Waals surface area (Å²) in [5.74, 6) is 0.963. The van der Waals surface area contributed by atoms with Crippen LogP contribution in [0.3, 0.4) is 0 Å². The summed E-state index contributed by atoms with van der Waals surface area (Å²) in [6, 6.07) is 3.49. The average Bonchev–Trinajstić information content (AvgIpc) is 2.99. The monoisotopic (exact) mass is 264 g/mol. The number of rotatable bonds is 2. The lowest BCUT2D eigenvalue weighted by Gasteiger charge is -2.17. The Labute approximate surface area is 109 Å². The molecule has 0 radical (unpaired) electrons. The van der Waals surface area contributed by atoms with Crippen LogP contribution in [0.25, 0.3) is 11.6 Å². The van der Waals surface area contributed by atoms with Gasteiger partial charge in [0.25, 0.3) is 5.89 Å². The fourth-order valence-corrected chi connectivity index (χ4v) is 2.37. The number of aromatic nitrogens is 3. The minimum atomic E-state index is -0.436. The third-order valence-electron chi connectivity index (χ3n) is 3.31. The second kappa shape index (κ2) is 4.33. The lowest BCUT2D eigenvalue weighted by molar-refractivity contribution is 0.372. The first-order valence-electron chi connectivity index (χ1n) is 5.92. The second-order valence-corrected chi connectivity index (χ2v) is 5.08. The van der Waals surface area contributed by atoms with E-state index < -0.39 is 5.54 Å². The van der Waals surface area contributed by atoms with Crippen LogP contribution in [0.15, 0.2) is 22.9 Å². The highest BCUT2D eigenvalue weighted by atomic mass is 35.5. The molecule has 2 heterocycles. The largest absolute Gasteiger partial charge is 0.332 e. The van der Waals surface area contributed by atoms with Gasteiger partial charge in [-0.25, -0.2) is 4.98 Å². The Bertz CT molecular complexity index is 545. The summed E-state index contributed by atoms with van der Waals surface area (Å²) in [5, 5.41) is 4.56. The van der Waals surface area contributed by atoms with Crippen molar-refractivity contribution >= 4 is 11.6 Å². The van der Waals surface area contributed by atoms with Crippen LogP contribution in [-0.4, -0.2) is 15.1 Å². The maximum atomic E-state index is 6.27. The van der Waals surface area contributed by atoms with Crippen molar-refractivity contribution in [3.05, 3.63) is 29.2 Å². The summed E-state index contributed by atoms with van der Waals surface area (Å²) in [6.45, 7) is 0. The van der Waals surface area contributed by atoms with Gasteiger partial charge >= 0.3 is 0 Å². The zero-order valence-corrected chi connectivity index (χ0v) is 10.5. The van der Waals surface area contributed by atoms with E-state index in [2.05, 4.69) is 15.1 Å². The Morgan fingerprint density at radius 2 is 2.06 bits per heavy atom. The molecule has 1 aliphatic rings. The summed E-state index contributed by atoms with van der Waals surface area (Å²) in [4.78, 5) is 8.50. The van der Waals surface area contributed by atoms with Crippen molar-refractivity contribution < 1.29 is 4.52 Å². The van der Waals surface area contributed by atoms with Crippen molar-refractivity contribution in [3.63, 3.8) is 0 Å². The van der Waals surface area contributed by atoms with Gasteiger partial charge in [0.15, 0.2) is 5.82 Å². The Hall–Kier alpha value is -1.46. The molecule has 0 amide bonds. The van der Waals surface area contributed by atoms with Gasteiger partial charge in [0.05, 0.1) is 10.6 Å². The Morgan fingerprint density at radius 1 is 1.28 bits per heavy atom. The van der Waals surface area contributed by atoms with Crippen LogP contribution >= 0.6 is 11.6 Å². The Balaban J connectivity index is 1.91. The van der Waals surface area contributed by atoms with E-state index in [4.69, 9.17) is 21.9 Å². The molecule has 0 bridgehead atoms. The third-order valence-corrected chi connectivity index (χ3v) is 3.54. The molecule has 94 valence electrons. The highest BCUT2D eigenvalue weighted by molar-refractivity contribution is 6.30. The number of nitrogens with two attached hydrogens (primary N) is 1. The van der Waals surface area contributed by atoms with Crippen molar-refractivity contribution in [1.29, 1.82) is 0 Å². The molecular formula is C12H13ClN4O. The van der Waals surface area contributed by atoms with Gasteiger partial charge in [-0.3, -0.25) is 0 Å². The average molecular weight is 265 g/mol. The molecule has 1 aliphatic carbocycles. The van der Waals surface area contributed by atoms with E-state index >= 15 is 0 Å². The molecule has 1 fully saturated rings. The number of pyridine rings is 1. The first-order chi connectivity index (χ1) is 8.67. The maximum Gasteiger partial charge on any atom is 0.276 e. The van der Waals surface area contributed by atoms with E-state index in [1.807, 2.05) is 0 Å². The molecule has 0 unspecified atom stereocenters. The fourth-order valence-electron chi connectivity index (χ4n) is 2.26. The van der Waals surface area contributed by atoms with Gasteiger partial charge in [0.1, 0.15) is 5.69 Å². The van der Waals surface area contributed by atoms with E-state index in [-0.39, 0.29) is 0 Å². The SMILES string of the molecule is NC1(c2noc(-c3ccc(Cl)cn3)n2)CCCC1. The second-order valence-electron chi connectivity index (χ2n) is 4.65. The summed E-state index contributed by atoms with van der Waals surface area (Å²) in [6.07, 6.45) is 5.58. The quantitative estimate of drug-likeness (QED) is 0.902. The minimum Gasteiger partial charge on any atom is -0.332 e. The molecular weight excluding hydrogens is 252 g/mol. The lowest BCUT2D eigenvalue weighted by atomic mass is 9.99.